The first-order valence-electron chi connectivity index (χ1n) is 11.3. The Bertz CT molecular complexity index is 1280. The molecule has 0 radical (unpaired) electrons. The molecule has 0 saturated carbocycles. The van der Waals surface area contributed by atoms with Gasteiger partial charge >= 0.3 is 0 Å². The van der Waals surface area contributed by atoms with Gasteiger partial charge in [-0.15, -0.1) is 0 Å². The maximum absolute atomic E-state index is 13.8. The van der Waals surface area contributed by atoms with E-state index in [4.69, 9.17) is 4.74 Å². The Morgan fingerprint density at radius 2 is 1.65 bits per heavy atom. The number of Topliss-reactive ketones (excluding diaryl/α,β-unsaturated/α-hetero) is 1. The highest BCUT2D eigenvalue weighted by Gasteiger charge is 2.40. The van der Waals surface area contributed by atoms with Crippen molar-refractivity contribution in [3.63, 3.8) is 0 Å². The van der Waals surface area contributed by atoms with Crippen LogP contribution in [0.4, 0.5) is 15.8 Å². The van der Waals surface area contributed by atoms with Crippen LogP contribution in [0.5, 0.6) is 5.75 Å². The Hall–Kier alpha value is -3.93. The Morgan fingerprint density at radius 3 is 2.32 bits per heavy atom. The molecular formula is C28H25FN2O3. The molecule has 1 heterocycles. The Labute approximate surface area is 197 Å². The molecule has 34 heavy (non-hydrogen) atoms. The number of nitrogens with zero attached hydrogens (tertiary/aromatic N) is 1. The van der Waals surface area contributed by atoms with E-state index in [-0.39, 0.29) is 23.4 Å². The number of carbonyl (C=O) groups excluding carboxylic acids is 2. The largest absolute Gasteiger partial charge is 0.497 e. The summed E-state index contributed by atoms with van der Waals surface area (Å²) in [5.41, 5.74) is 4.55. The molecule has 172 valence electrons. The summed E-state index contributed by atoms with van der Waals surface area (Å²) in [5.74, 6) is 0.176. The van der Waals surface area contributed by atoms with Crippen molar-refractivity contribution >= 4 is 23.1 Å². The molecule has 2 atom stereocenters. The standard InChI is InChI=1S/C28H25FN2O3/c1-17(32)31-25-6-4-3-5-23(25)30-24-15-20(18-9-13-22(34-2)14-10-18)16-26(33)27(24)28(31)19-7-11-21(29)12-8-19/h3-14,20,28,30H,15-16H2,1-2H3/t20-,28+/m0/s1. The molecule has 6 heteroatoms. The topological polar surface area (TPSA) is 58.6 Å². The molecule has 3 aromatic carbocycles. The van der Waals surface area contributed by atoms with Crippen LogP contribution in [0.25, 0.3) is 0 Å². The molecule has 1 amide bonds. The first-order valence-corrected chi connectivity index (χ1v) is 11.3. The molecule has 5 rings (SSSR count). The number of carbonyl (C=O) groups is 2. The molecule has 0 saturated heterocycles. The lowest BCUT2D eigenvalue weighted by molar-refractivity contribution is -0.117. The number of para-hydroxylation sites is 2. The van der Waals surface area contributed by atoms with Crippen molar-refractivity contribution in [1.29, 1.82) is 0 Å². The van der Waals surface area contributed by atoms with Crippen LogP contribution >= 0.6 is 0 Å². The maximum Gasteiger partial charge on any atom is 0.224 e. The van der Waals surface area contributed by atoms with Gasteiger partial charge in [-0.2, -0.15) is 0 Å². The summed E-state index contributed by atoms with van der Waals surface area (Å²) in [5, 5.41) is 3.48. The SMILES string of the molecule is COc1ccc([C@@H]2CC(=O)C3=C(C2)Nc2ccccc2N(C(C)=O)[C@@H]3c2ccc(F)cc2)cc1. The summed E-state index contributed by atoms with van der Waals surface area (Å²) in [4.78, 5) is 28.3. The molecule has 2 aliphatic rings. The number of benzene rings is 3. The van der Waals surface area contributed by atoms with Crippen molar-refractivity contribution in [2.24, 2.45) is 0 Å². The van der Waals surface area contributed by atoms with E-state index in [1.165, 1.54) is 19.1 Å². The van der Waals surface area contributed by atoms with Gasteiger partial charge in [0.05, 0.1) is 24.5 Å². The lowest BCUT2D eigenvalue weighted by Crippen LogP contribution is -2.37. The van der Waals surface area contributed by atoms with E-state index in [0.717, 1.165) is 22.7 Å². The van der Waals surface area contributed by atoms with Crippen LogP contribution < -0.4 is 15.0 Å². The Kier molecular flexibility index (Phi) is 5.65. The number of hydrogen-bond acceptors (Lipinski definition) is 4. The minimum absolute atomic E-state index is 0.00503. The van der Waals surface area contributed by atoms with Crippen LogP contribution in [-0.4, -0.2) is 18.8 Å². The molecule has 0 unspecified atom stereocenters. The quantitative estimate of drug-likeness (QED) is 0.545. The van der Waals surface area contributed by atoms with Crippen molar-refractivity contribution in [2.75, 3.05) is 17.3 Å². The number of ether oxygens (including phenoxy) is 1. The van der Waals surface area contributed by atoms with Crippen molar-refractivity contribution in [3.05, 3.63) is 101 Å². The third-order valence-corrected chi connectivity index (χ3v) is 6.60. The number of ketones is 1. The fraction of sp³-hybridized carbons (Fsp3) is 0.214. The van der Waals surface area contributed by atoms with Gasteiger partial charge in [0.2, 0.25) is 5.91 Å². The fourth-order valence-corrected chi connectivity index (χ4v) is 5.01. The number of fused-ring (bicyclic) bond motifs is 1. The average molecular weight is 457 g/mol. The highest BCUT2D eigenvalue weighted by molar-refractivity contribution is 6.06. The highest BCUT2D eigenvalue weighted by Crippen LogP contribution is 2.47. The monoisotopic (exact) mass is 456 g/mol. The van der Waals surface area contributed by atoms with Gasteiger partial charge in [0.25, 0.3) is 0 Å². The molecular weight excluding hydrogens is 431 g/mol. The van der Waals surface area contributed by atoms with Crippen LogP contribution in [0.3, 0.4) is 0 Å². The molecule has 0 fully saturated rings. The van der Waals surface area contributed by atoms with E-state index in [1.807, 2.05) is 48.5 Å². The number of anilines is 2. The van der Waals surface area contributed by atoms with E-state index >= 15 is 0 Å². The van der Waals surface area contributed by atoms with E-state index in [0.29, 0.717) is 29.7 Å². The van der Waals surface area contributed by atoms with Crippen LogP contribution in [0.1, 0.15) is 42.9 Å². The second-order valence-corrected chi connectivity index (χ2v) is 8.68. The predicted molar refractivity (Wildman–Crippen MR) is 129 cm³/mol. The van der Waals surface area contributed by atoms with Gasteiger partial charge in [-0.25, -0.2) is 4.39 Å². The lowest BCUT2D eigenvalue weighted by Gasteiger charge is -2.34. The number of rotatable bonds is 3. The van der Waals surface area contributed by atoms with E-state index < -0.39 is 6.04 Å². The number of amides is 1. The van der Waals surface area contributed by atoms with Crippen molar-refractivity contribution in [3.8, 4) is 5.75 Å². The van der Waals surface area contributed by atoms with Crippen LogP contribution in [0.2, 0.25) is 0 Å². The van der Waals surface area contributed by atoms with E-state index in [1.54, 1.807) is 24.1 Å². The third-order valence-electron chi connectivity index (χ3n) is 6.60. The first-order chi connectivity index (χ1) is 16.5. The molecule has 0 spiro atoms. The zero-order valence-electron chi connectivity index (χ0n) is 19.0. The molecule has 1 N–H and O–H groups in total. The summed E-state index contributed by atoms with van der Waals surface area (Å²) in [6.45, 7) is 1.49. The molecule has 0 aromatic heterocycles. The van der Waals surface area contributed by atoms with Crippen LogP contribution in [-0.2, 0) is 9.59 Å². The fourth-order valence-electron chi connectivity index (χ4n) is 5.01. The van der Waals surface area contributed by atoms with Gasteiger partial charge in [-0.1, -0.05) is 36.4 Å². The number of halogens is 1. The predicted octanol–water partition coefficient (Wildman–Crippen LogP) is 5.75. The van der Waals surface area contributed by atoms with Gasteiger partial charge in [-0.05, 0) is 59.9 Å². The summed E-state index contributed by atoms with van der Waals surface area (Å²) >= 11 is 0. The Balaban J connectivity index is 1.66. The first kappa shape index (κ1) is 21.9. The summed E-state index contributed by atoms with van der Waals surface area (Å²) < 4.78 is 19.0. The summed E-state index contributed by atoms with van der Waals surface area (Å²) in [6, 6.07) is 20.7. The molecule has 3 aromatic rings. The number of hydrogen-bond donors (Lipinski definition) is 1. The van der Waals surface area contributed by atoms with Crippen molar-refractivity contribution in [2.45, 2.75) is 31.7 Å². The molecule has 1 aliphatic carbocycles. The van der Waals surface area contributed by atoms with Gasteiger partial charge in [0.15, 0.2) is 5.78 Å². The van der Waals surface area contributed by atoms with E-state index in [9.17, 15) is 14.0 Å². The molecule has 5 nitrogen and oxygen atoms in total. The van der Waals surface area contributed by atoms with Gasteiger partial charge in [-0.3, -0.25) is 14.5 Å². The maximum atomic E-state index is 13.8. The second-order valence-electron chi connectivity index (χ2n) is 8.68. The summed E-state index contributed by atoms with van der Waals surface area (Å²) in [7, 11) is 1.62. The lowest BCUT2D eigenvalue weighted by atomic mass is 9.78. The molecule has 0 bridgehead atoms. The van der Waals surface area contributed by atoms with Crippen LogP contribution in [0, 0.1) is 5.82 Å². The minimum Gasteiger partial charge on any atom is -0.497 e. The van der Waals surface area contributed by atoms with E-state index in [2.05, 4.69) is 5.32 Å². The number of allylic oxidation sites excluding steroid dienone is 1. The zero-order chi connectivity index (χ0) is 23.8. The number of methoxy groups -OCH3 is 1. The highest BCUT2D eigenvalue weighted by atomic mass is 19.1. The van der Waals surface area contributed by atoms with Gasteiger partial charge in [0, 0.05) is 24.6 Å². The normalized spacial score (nSPS) is 19.6. The average Bonchev–Trinajstić information content (AvgIpc) is 2.99. The van der Waals surface area contributed by atoms with Crippen molar-refractivity contribution < 1.29 is 18.7 Å². The molecule has 1 aliphatic heterocycles. The minimum atomic E-state index is -0.645. The zero-order valence-corrected chi connectivity index (χ0v) is 19.0. The number of nitrogens with one attached hydrogen (secondary N) is 1. The van der Waals surface area contributed by atoms with Crippen LogP contribution in [0.15, 0.2) is 84.1 Å². The third kappa shape index (κ3) is 3.85. The second kappa shape index (κ2) is 8.78. The summed E-state index contributed by atoms with van der Waals surface area (Å²) in [6.07, 6.45) is 0.942. The Morgan fingerprint density at radius 1 is 0.971 bits per heavy atom. The van der Waals surface area contributed by atoms with Crippen molar-refractivity contribution in [1.82, 2.24) is 0 Å². The smallest absolute Gasteiger partial charge is 0.224 e. The van der Waals surface area contributed by atoms with Gasteiger partial charge in [0.1, 0.15) is 11.6 Å². The van der Waals surface area contributed by atoms with Gasteiger partial charge < -0.3 is 10.1 Å².